The largest absolute Gasteiger partial charge is 0.496 e. The molecule has 176 valence electrons. The van der Waals surface area contributed by atoms with Crippen LogP contribution < -0.4 is 4.74 Å². The van der Waals surface area contributed by atoms with Gasteiger partial charge in [0.15, 0.2) is 0 Å². The third-order valence-corrected chi connectivity index (χ3v) is 6.12. The number of nitriles is 1. The van der Waals surface area contributed by atoms with E-state index in [1.807, 2.05) is 52.9 Å². The molecule has 1 amide bonds. The number of carbonyl (C=O) groups excluding carboxylic acids is 1. The number of aromatic amines is 2. The minimum absolute atomic E-state index is 0.500. The molecule has 0 saturated carbocycles. The number of nitrogens with one attached hydrogen (secondary N) is 2. The Morgan fingerprint density at radius 2 is 1.91 bits per heavy atom. The highest BCUT2D eigenvalue weighted by Crippen LogP contribution is 2.44. The number of rotatable bonds is 4. The molecule has 0 spiro atoms. The van der Waals surface area contributed by atoms with Crippen molar-refractivity contribution >= 4 is 28.0 Å². The van der Waals surface area contributed by atoms with E-state index in [-0.39, 0.29) is 0 Å². The summed E-state index contributed by atoms with van der Waals surface area (Å²) >= 11 is 0. The van der Waals surface area contributed by atoms with Crippen LogP contribution in [-0.2, 0) is 10.3 Å². The van der Waals surface area contributed by atoms with Crippen molar-refractivity contribution in [1.29, 1.82) is 5.26 Å². The first-order valence-corrected chi connectivity index (χ1v) is 11.0. The van der Waals surface area contributed by atoms with Crippen LogP contribution in [0.5, 0.6) is 5.75 Å². The molecule has 8 nitrogen and oxygen atoms in total. The van der Waals surface area contributed by atoms with Crippen LogP contribution in [0.3, 0.4) is 0 Å². The molecule has 0 saturated heterocycles. The van der Waals surface area contributed by atoms with Crippen LogP contribution in [0, 0.1) is 18.3 Å². The van der Waals surface area contributed by atoms with Gasteiger partial charge < -0.3 is 19.4 Å². The zero-order valence-electron chi connectivity index (χ0n) is 20.5. The summed E-state index contributed by atoms with van der Waals surface area (Å²) in [7, 11) is 3.31. The maximum atomic E-state index is 13.4. The van der Waals surface area contributed by atoms with Gasteiger partial charge in [-0.25, -0.2) is 9.78 Å². The van der Waals surface area contributed by atoms with Gasteiger partial charge in [-0.15, -0.1) is 0 Å². The Kier molecular flexibility index (Phi) is 5.52. The number of benzene rings is 2. The van der Waals surface area contributed by atoms with Crippen LogP contribution in [0.2, 0.25) is 0 Å². The smallest absolute Gasteiger partial charge is 0.411 e. The number of imidazole rings is 1. The summed E-state index contributed by atoms with van der Waals surface area (Å²) in [5.41, 5.74) is 2.86. The normalized spacial score (nSPS) is 13.5. The van der Waals surface area contributed by atoms with Crippen LogP contribution in [0.25, 0.3) is 21.9 Å². The van der Waals surface area contributed by atoms with Gasteiger partial charge in [-0.05, 0) is 70.5 Å². The van der Waals surface area contributed by atoms with Gasteiger partial charge in [0, 0.05) is 29.7 Å². The molecule has 0 aliphatic rings. The molecule has 1 unspecified atom stereocenters. The number of carbonyl (C=O) groups is 1. The van der Waals surface area contributed by atoms with E-state index in [9.17, 15) is 10.1 Å². The molecule has 4 rings (SSSR count). The number of aryl methyl sites for hydroxylation is 1. The summed E-state index contributed by atoms with van der Waals surface area (Å²) in [5.74, 6) is 1.15. The average Bonchev–Trinajstić information content (AvgIpc) is 3.43. The van der Waals surface area contributed by atoms with Crippen molar-refractivity contribution in [3.8, 4) is 11.8 Å². The summed E-state index contributed by atoms with van der Waals surface area (Å²) < 4.78 is 11.6. The lowest BCUT2D eigenvalue weighted by Crippen LogP contribution is -2.48. The summed E-state index contributed by atoms with van der Waals surface area (Å²) in [5, 5.41) is 10.2. The lowest BCUT2D eigenvalue weighted by molar-refractivity contribution is 0.0125. The number of methoxy groups -OCH3 is 1. The van der Waals surface area contributed by atoms with Gasteiger partial charge in [0.2, 0.25) is 0 Å². The van der Waals surface area contributed by atoms with E-state index in [2.05, 4.69) is 16.0 Å². The second-order valence-corrected chi connectivity index (χ2v) is 9.58. The second-order valence-electron chi connectivity index (χ2n) is 9.58. The molecule has 2 heterocycles. The zero-order valence-corrected chi connectivity index (χ0v) is 20.5. The molecule has 4 aromatic rings. The van der Waals surface area contributed by atoms with Crippen LogP contribution in [0.1, 0.15) is 50.2 Å². The molecule has 0 aliphatic carbocycles. The molecular weight excluding hydrogens is 430 g/mol. The third kappa shape index (κ3) is 3.73. The van der Waals surface area contributed by atoms with E-state index in [1.54, 1.807) is 37.3 Å². The minimum Gasteiger partial charge on any atom is -0.496 e. The summed E-state index contributed by atoms with van der Waals surface area (Å²) in [6.45, 7) is 9.41. The van der Waals surface area contributed by atoms with E-state index in [1.165, 1.54) is 0 Å². The number of H-pyrrole nitrogens is 2. The molecule has 2 aromatic carbocycles. The fourth-order valence-corrected chi connectivity index (χ4v) is 4.31. The first-order valence-electron chi connectivity index (χ1n) is 11.0. The quantitative estimate of drug-likeness (QED) is 0.427. The van der Waals surface area contributed by atoms with E-state index in [0.29, 0.717) is 28.2 Å². The molecule has 34 heavy (non-hydrogen) atoms. The van der Waals surface area contributed by atoms with Crippen molar-refractivity contribution in [2.75, 3.05) is 14.2 Å². The van der Waals surface area contributed by atoms with Gasteiger partial charge >= 0.3 is 6.09 Å². The molecule has 0 bridgehead atoms. The lowest BCUT2D eigenvalue weighted by Gasteiger charge is -2.39. The van der Waals surface area contributed by atoms with Crippen LogP contribution in [0.15, 0.2) is 36.5 Å². The van der Waals surface area contributed by atoms with E-state index >= 15 is 0 Å². The minimum atomic E-state index is -1.10. The number of hydrogen-bond donors (Lipinski definition) is 2. The molecule has 0 radical (unpaired) electrons. The van der Waals surface area contributed by atoms with Gasteiger partial charge in [0.1, 0.15) is 22.7 Å². The van der Waals surface area contributed by atoms with Crippen LogP contribution >= 0.6 is 0 Å². The van der Waals surface area contributed by atoms with Gasteiger partial charge in [-0.3, -0.25) is 4.90 Å². The van der Waals surface area contributed by atoms with Crippen molar-refractivity contribution in [3.63, 3.8) is 0 Å². The highest BCUT2D eigenvalue weighted by atomic mass is 16.6. The van der Waals surface area contributed by atoms with E-state index in [4.69, 9.17) is 14.5 Å². The fraction of sp³-hybridized carbons (Fsp3) is 0.346. The average molecular weight is 460 g/mol. The van der Waals surface area contributed by atoms with Crippen molar-refractivity contribution in [3.05, 3.63) is 59.0 Å². The Labute approximate surface area is 198 Å². The zero-order chi connectivity index (χ0) is 24.8. The Morgan fingerprint density at radius 1 is 1.18 bits per heavy atom. The Morgan fingerprint density at radius 3 is 2.56 bits per heavy atom. The number of amides is 1. The molecule has 1 atom stereocenters. The summed E-state index contributed by atoms with van der Waals surface area (Å²) in [4.78, 5) is 26.4. The molecule has 0 fully saturated rings. The SMILES string of the molecule is COc1cc(C)c2[nH]ccc2c1C(C)(c1nc2ccc(C#N)cc2[nH]1)N(C)C(=O)OC(C)(C)C. The summed E-state index contributed by atoms with van der Waals surface area (Å²) in [6.07, 6.45) is 1.37. The first kappa shape index (κ1) is 23.2. The predicted octanol–water partition coefficient (Wildman–Crippen LogP) is 5.36. The molecule has 2 aromatic heterocycles. The maximum Gasteiger partial charge on any atom is 0.411 e. The van der Waals surface area contributed by atoms with Crippen LogP contribution in [-0.4, -0.2) is 45.7 Å². The number of fused-ring (bicyclic) bond motifs is 2. The predicted molar refractivity (Wildman–Crippen MR) is 131 cm³/mol. The highest BCUT2D eigenvalue weighted by molar-refractivity contribution is 5.90. The Hall–Kier alpha value is -3.99. The van der Waals surface area contributed by atoms with Crippen LogP contribution in [0.4, 0.5) is 4.79 Å². The van der Waals surface area contributed by atoms with Gasteiger partial charge in [-0.1, -0.05) is 0 Å². The number of aromatic nitrogens is 3. The second kappa shape index (κ2) is 8.10. The van der Waals surface area contributed by atoms with Gasteiger partial charge in [0.25, 0.3) is 0 Å². The topological polar surface area (TPSA) is 107 Å². The highest BCUT2D eigenvalue weighted by Gasteiger charge is 2.44. The van der Waals surface area contributed by atoms with Gasteiger partial charge in [0.05, 0.1) is 29.8 Å². The molecule has 8 heteroatoms. The first-order chi connectivity index (χ1) is 16.0. The molecule has 2 N–H and O–H groups in total. The Bertz CT molecular complexity index is 1440. The van der Waals surface area contributed by atoms with Crippen molar-refractivity contribution in [2.24, 2.45) is 0 Å². The number of hydrogen-bond acceptors (Lipinski definition) is 5. The maximum absolute atomic E-state index is 13.4. The third-order valence-electron chi connectivity index (χ3n) is 6.12. The molecular formula is C26H29N5O3. The van der Waals surface area contributed by atoms with Gasteiger partial charge in [-0.2, -0.15) is 5.26 Å². The van der Waals surface area contributed by atoms with E-state index in [0.717, 1.165) is 22.0 Å². The lowest BCUT2D eigenvalue weighted by atomic mass is 9.85. The number of nitrogens with zero attached hydrogens (tertiary/aromatic N) is 3. The van der Waals surface area contributed by atoms with E-state index < -0.39 is 17.2 Å². The van der Waals surface area contributed by atoms with Crippen molar-refractivity contribution < 1.29 is 14.3 Å². The molecule has 0 aliphatic heterocycles. The van der Waals surface area contributed by atoms with Crippen molar-refractivity contribution in [1.82, 2.24) is 19.9 Å². The number of ether oxygens (including phenoxy) is 2. The standard InChI is InChI=1S/C26H29N5O3/c1-15-12-20(33-7)21(17-10-11-28-22(15)17)26(5,31(6)24(32)34-25(2,3)4)23-29-18-9-8-16(14-27)13-19(18)30-23/h8-13,28H,1-7H3,(H,29,30). The van der Waals surface area contributed by atoms with Crippen molar-refractivity contribution in [2.45, 2.75) is 45.8 Å². The Balaban J connectivity index is 2.04. The fourth-order valence-electron chi connectivity index (χ4n) is 4.31. The summed E-state index contributed by atoms with van der Waals surface area (Å²) in [6, 6.07) is 11.3. The monoisotopic (exact) mass is 459 g/mol.